The van der Waals surface area contributed by atoms with Gasteiger partial charge in [-0.25, -0.2) is 4.79 Å². The van der Waals surface area contributed by atoms with Gasteiger partial charge in [0.2, 0.25) is 0 Å². The van der Waals surface area contributed by atoms with E-state index in [1.165, 1.54) is 6.07 Å². The lowest BCUT2D eigenvalue weighted by Crippen LogP contribution is -2.30. The number of amides is 1. The maximum Gasteiger partial charge on any atom is 0.412 e. The minimum atomic E-state index is -0.879. The summed E-state index contributed by atoms with van der Waals surface area (Å²) in [5.74, 6) is 0. The normalized spacial score (nSPS) is 13.6. The molecule has 1 amide bonds. The number of hydrogen-bond donors (Lipinski definition) is 1. The van der Waals surface area contributed by atoms with Crippen molar-refractivity contribution in [2.75, 3.05) is 23.3 Å². The van der Waals surface area contributed by atoms with Crippen LogP contribution in [0, 0.1) is 20.2 Å². The molecule has 0 atom stereocenters. The summed E-state index contributed by atoms with van der Waals surface area (Å²) in [7, 11) is 0. The predicted octanol–water partition coefficient (Wildman–Crippen LogP) is 4.24. The van der Waals surface area contributed by atoms with E-state index in [9.17, 15) is 25.0 Å². The van der Waals surface area contributed by atoms with Gasteiger partial charge in [-0.1, -0.05) is 30.3 Å². The molecule has 1 aliphatic rings. The van der Waals surface area contributed by atoms with Crippen molar-refractivity contribution in [1.29, 1.82) is 0 Å². The number of carbonyl (C=O) groups excluding carboxylic acids is 1. The zero-order valence-corrected chi connectivity index (χ0v) is 15.6. The first-order chi connectivity index (χ1) is 14.0. The van der Waals surface area contributed by atoms with Crippen LogP contribution >= 0.6 is 0 Å². The molecule has 2 aromatic rings. The highest BCUT2D eigenvalue weighted by Crippen LogP contribution is 2.39. The van der Waals surface area contributed by atoms with Crippen LogP contribution in [0.3, 0.4) is 0 Å². The highest BCUT2D eigenvalue weighted by molar-refractivity contribution is 5.90. The molecule has 2 aromatic carbocycles. The Labute approximate surface area is 166 Å². The van der Waals surface area contributed by atoms with E-state index in [1.807, 2.05) is 11.0 Å². The van der Waals surface area contributed by atoms with Crippen molar-refractivity contribution in [3.63, 3.8) is 0 Å². The van der Waals surface area contributed by atoms with Crippen molar-refractivity contribution in [2.24, 2.45) is 0 Å². The standard InChI is InChI=1S/C19H20N4O6/c24-19(29-13-14-7-3-1-4-8-14)20-15-11-17(21-9-5-2-6-10-21)18(23(27)28)12-16(15)22(25)26/h1,3-4,7-8,11-12H,2,5-6,9-10,13H2,(H,20,24). The molecule has 152 valence electrons. The topological polar surface area (TPSA) is 128 Å². The largest absolute Gasteiger partial charge is 0.444 e. The van der Waals surface area contributed by atoms with Gasteiger partial charge in [-0.3, -0.25) is 25.5 Å². The number of anilines is 2. The smallest absolute Gasteiger partial charge is 0.412 e. The summed E-state index contributed by atoms with van der Waals surface area (Å²) in [6.07, 6.45) is 1.88. The lowest BCUT2D eigenvalue weighted by Gasteiger charge is -2.28. The van der Waals surface area contributed by atoms with Crippen molar-refractivity contribution >= 4 is 28.8 Å². The summed E-state index contributed by atoms with van der Waals surface area (Å²) < 4.78 is 5.11. The van der Waals surface area contributed by atoms with Crippen LogP contribution in [0.4, 0.5) is 27.5 Å². The lowest BCUT2D eigenvalue weighted by molar-refractivity contribution is -0.393. The molecule has 0 saturated carbocycles. The van der Waals surface area contributed by atoms with Crippen LogP contribution in [0.2, 0.25) is 0 Å². The van der Waals surface area contributed by atoms with Crippen molar-refractivity contribution in [1.82, 2.24) is 0 Å². The number of carbonyl (C=O) groups is 1. The lowest BCUT2D eigenvalue weighted by atomic mass is 10.1. The van der Waals surface area contributed by atoms with Crippen LogP contribution in [-0.4, -0.2) is 29.0 Å². The molecule has 1 aliphatic heterocycles. The second kappa shape index (κ2) is 9.00. The van der Waals surface area contributed by atoms with E-state index < -0.39 is 21.6 Å². The molecule has 1 N–H and O–H groups in total. The second-order valence-corrected chi connectivity index (χ2v) is 6.61. The van der Waals surface area contributed by atoms with Crippen LogP contribution in [0.25, 0.3) is 0 Å². The van der Waals surface area contributed by atoms with E-state index in [0.717, 1.165) is 30.9 Å². The van der Waals surface area contributed by atoms with Gasteiger partial charge in [0.25, 0.3) is 11.4 Å². The maximum absolute atomic E-state index is 12.2. The van der Waals surface area contributed by atoms with Gasteiger partial charge >= 0.3 is 6.09 Å². The molecular weight excluding hydrogens is 380 g/mol. The van der Waals surface area contributed by atoms with Crippen molar-refractivity contribution < 1.29 is 19.4 Å². The van der Waals surface area contributed by atoms with E-state index in [-0.39, 0.29) is 23.7 Å². The zero-order chi connectivity index (χ0) is 20.8. The van der Waals surface area contributed by atoms with Gasteiger partial charge in [-0.05, 0) is 30.9 Å². The van der Waals surface area contributed by atoms with Crippen LogP contribution in [-0.2, 0) is 11.3 Å². The third kappa shape index (κ3) is 4.98. The van der Waals surface area contributed by atoms with E-state index in [4.69, 9.17) is 4.74 Å². The van der Waals surface area contributed by atoms with Gasteiger partial charge in [0, 0.05) is 13.1 Å². The van der Waals surface area contributed by atoms with E-state index in [0.29, 0.717) is 13.1 Å². The first-order valence-electron chi connectivity index (χ1n) is 9.15. The van der Waals surface area contributed by atoms with E-state index >= 15 is 0 Å². The minimum Gasteiger partial charge on any atom is -0.444 e. The fourth-order valence-corrected chi connectivity index (χ4v) is 3.22. The van der Waals surface area contributed by atoms with E-state index in [2.05, 4.69) is 5.32 Å². The number of nitro groups is 2. The van der Waals surface area contributed by atoms with Gasteiger partial charge < -0.3 is 9.64 Å². The summed E-state index contributed by atoms with van der Waals surface area (Å²) >= 11 is 0. The minimum absolute atomic E-state index is 0.00751. The van der Waals surface area contributed by atoms with Gasteiger partial charge in [-0.2, -0.15) is 0 Å². The summed E-state index contributed by atoms with van der Waals surface area (Å²) in [4.78, 5) is 35.5. The number of nitrogens with one attached hydrogen (secondary N) is 1. The summed E-state index contributed by atoms with van der Waals surface area (Å²) in [6.45, 7) is 1.21. The van der Waals surface area contributed by atoms with Gasteiger partial charge in [0.15, 0.2) is 0 Å². The third-order valence-electron chi connectivity index (χ3n) is 4.63. The number of benzene rings is 2. The molecule has 0 spiro atoms. The molecule has 1 fully saturated rings. The number of hydrogen-bond acceptors (Lipinski definition) is 7. The monoisotopic (exact) mass is 400 g/mol. The Morgan fingerprint density at radius 1 is 1.00 bits per heavy atom. The van der Waals surface area contributed by atoms with Crippen molar-refractivity contribution in [2.45, 2.75) is 25.9 Å². The molecule has 0 radical (unpaired) electrons. The Bertz CT molecular complexity index is 912. The van der Waals surface area contributed by atoms with Crippen LogP contribution < -0.4 is 10.2 Å². The highest BCUT2D eigenvalue weighted by atomic mass is 16.6. The van der Waals surface area contributed by atoms with E-state index in [1.54, 1.807) is 24.3 Å². The quantitative estimate of drug-likeness (QED) is 0.567. The van der Waals surface area contributed by atoms with Crippen molar-refractivity contribution in [3.8, 4) is 0 Å². The highest BCUT2D eigenvalue weighted by Gasteiger charge is 2.29. The average molecular weight is 400 g/mol. The SMILES string of the molecule is O=C(Nc1cc(N2CCCCC2)c([N+](=O)[O-])cc1[N+](=O)[O-])OCc1ccccc1. The molecular formula is C19H20N4O6. The molecule has 0 unspecified atom stereocenters. The fourth-order valence-electron chi connectivity index (χ4n) is 3.22. The molecule has 10 heteroatoms. The third-order valence-corrected chi connectivity index (χ3v) is 4.63. The molecule has 1 heterocycles. The van der Waals surface area contributed by atoms with Gasteiger partial charge in [-0.15, -0.1) is 0 Å². The van der Waals surface area contributed by atoms with Crippen molar-refractivity contribution in [3.05, 3.63) is 68.3 Å². The Morgan fingerprint density at radius 3 is 2.28 bits per heavy atom. The first-order valence-corrected chi connectivity index (χ1v) is 9.15. The number of rotatable bonds is 6. The summed E-state index contributed by atoms with van der Waals surface area (Å²) in [5, 5.41) is 25.3. The number of ether oxygens (including phenoxy) is 1. The number of nitrogens with zero attached hydrogens (tertiary/aromatic N) is 3. The zero-order valence-electron chi connectivity index (χ0n) is 15.6. The second-order valence-electron chi connectivity index (χ2n) is 6.61. The molecule has 3 rings (SSSR count). The molecule has 29 heavy (non-hydrogen) atoms. The van der Waals surface area contributed by atoms with Gasteiger partial charge in [0.05, 0.1) is 15.9 Å². The van der Waals surface area contributed by atoms with Gasteiger partial charge in [0.1, 0.15) is 18.0 Å². The first kappa shape index (κ1) is 20.1. The fraction of sp³-hybridized carbons (Fsp3) is 0.316. The predicted molar refractivity (Wildman–Crippen MR) is 106 cm³/mol. The number of piperidine rings is 1. The number of nitro benzene ring substituents is 2. The Hall–Kier alpha value is -3.69. The average Bonchev–Trinajstić information content (AvgIpc) is 2.73. The Balaban J connectivity index is 1.86. The van der Waals surface area contributed by atoms with Crippen LogP contribution in [0.5, 0.6) is 0 Å². The molecule has 0 bridgehead atoms. The molecule has 0 aliphatic carbocycles. The van der Waals surface area contributed by atoms with Crippen LogP contribution in [0.15, 0.2) is 42.5 Å². The maximum atomic E-state index is 12.2. The molecule has 0 aromatic heterocycles. The summed E-state index contributed by atoms with van der Waals surface area (Å²) in [6, 6.07) is 11.1. The van der Waals surface area contributed by atoms with Crippen LogP contribution in [0.1, 0.15) is 24.8 Å². The molecule has 1 saturated heterocycles. The Morgan fingerprint density at radius 2 is 1.66 bits per heavy atom. The molecule has 10 nitrogen and oxygen atoms in total. The summed E-state index contributed by atoms with van der Waals surface area (Å²) in [5.41, 5.74) is -0.0522. The Kier molecular flexibility index (Phi) is 6.22.